The van der Waals surface area contributed by atoms with Crippen molar-refractivity contribution in [3.63, 3.8) is 0 Å². The Morgan fingerprint density at radius 1 is 1.40 bits per heavy atom. The number of halogens is 3. The van der Waals surface area contributed by atoms with Gasteiger partial charge < -0.3 is 9.72 Å². The molecule has 0 spiro atoms. The Balaban J connectivity index is 2.14. The fourth-order valence-electron chi connectivity index (χ4n) is 2.44. The number of nitrogens with zero attached hydrogens (tertiary/aromatic N) is 2. The number of aldehydes is 1. The van der Waals surface area contributed by atoms with Crippen LogP contribution in [-0.4, -0.2) is 33.6 Å². The Bertz CT molecular complexity index is 957. The maximum Gasteiger partial charge on any atom is 0.436 e. The molecule has 0 unspecified atom stereocenters. The van der Waals surface area contributed by atoms with Crippen LogP contribution in [0, 0.1) is 0 Å². The lowest BCUT2D eigenvalue weighted by Gasteiger charge is -2.05. The molecule has 0 aliphatic heterocycles. The Morgan fingerprint density at radius 3 is 2.80 bits per heavy atom. The maximum absolute atomic E-state index is 13.2. The smallest absolute Gasteiger partial charge is 0.436 e. The van der Waals surface area contributed by atoms with Crippen molar-refractivity contribution < 1.29 is 27.5 Å². The second-order valence-electron chi connectivity index (χ2n) is 5.15. The molecule has 25 heavy (non-hydrogen) atoms. The lowest BCUT2D eigenvalue weighted by Crippen LogP contribution is -2.14. The predicted molar refractivity (Wildman–Crippen MR) is 81.8 cm³/mol. The summed E-state index contributed by atoms with van der Waals surface area (Å²) < 4.78 is 45.1. The molecular weight excluding hydrogens is 339 g/mol. The van der Waals surface area contributed by atoms with E-state index in [1.54, 1.807) is 6.07 Å². The number of aromatic nitrogens is 3. The van der Waals surface area contributed by atoms with Crippen molar-refractivity contribution in [2.75, 3.05) is 6.61 Å². The number of hydrogen-bond acceptors (Lipinski definition) is 4. The van der Waals surface area contributed by atoms with E-state index >= 15 is 0 Å². The SMILES string of the molecule is CCOC(=O)c1cn(-c2ccc3[nH]cc(C=O)c3c2)nc1C(F)(F)F. The molecule has 0 fully saturated rings. The van der Waals surface area contributed by atoms with Crippen LogP contribution in [0.3, 0.4) is 0 Å². The zero-order valence-electron chi connectivity index (χ0n) is 12.9. The monoisotopic (exact) mass is 351 g/mol. The number of benzene rings is 1. The summed E-state index contributed by atoms with van der Waals surface area (Å²) in [5.41, 5.74) is -0.698. The van der Waals surface area contributed by atoms with Crippen molar-refractivity contribution in [1.82, 2.24) is 14.8 Å². The van der Waals surface area contributed by atoms with E-state index in [1.807, 2.05) is 0 Å². The van der Waals surface area contributed by atoms with Gasteiger partial charge >= 0.3 is 12.1 Å². The summed E-state index contributed by atoms with van der Waals surface area (Å²) in [6, 6.07) is 4.64. The van der Waals surface area contributed by atoms with E-state index in [2.05, 4.69) is 14.8 Å². The molecule has 130 valence electrons. The molecule has 0 radical (unpaired) electrons. The fraction of sp³-hybridized carbons (Fsp3) is 0.188. The van der Waals surface area contributed by atoms with E-state index in [-0.39, 0.29) is 12.3 Å². The van der Waals surface area contributed by atoms with Crippen LogP contribution in [0.5, 0.6) is 0 Å². The number of H-pyrrole nitrogens is 1. The summed E-state index contributed by atoms with van der Waals surface area (Å²) in [5, 5.41) is 4.03. The van der Waals surface area contributed by atoms with Gasteiger partial charge in [0.1, 0.15) is 5.56 Å². The molecule has 9 heteroatoms. The fourth-order valence-corrected chi connectivity index (χ4v) is 2.44. The number of carbonyl (C=O) groups excluding carboxylic acids is 2. The minimum atomic E-state index is -4.81. The zero-order valence-corrected chi connectivity index (χ0v) is 12.9. The zero-order chi connectivity index (χ0) is 18.2. The van der Waals surface area contributed by atoms with E-state index in [4.69, 9.17) is 0 Å². The van der Waals surface area contributed by atoms with Crippen molar-refractivity contribution in [3.05, 3.63) is 47.4 Å². The van der Waals surface area contributed by atoms with E-state index in [9.17, 15) is 22.8 Å². The Hall–Kier alpha value is -3.10. The molecule has 0 aliphatic rings. The summed E-state index contributed by atoms with van der Waals surface area (Å²) in [7, 11) is 0. The van der Waals surface area contributed by atoms with Crippen LogP contribution in [0.1, 0.15) is 33.3 Å². The van der Waals surface area contributed by atoms with Crippen molar-refractivity contribution in [3.8, 4) is 5.69 Å². The quantitative estimate of drug-likeness (QED) is 0.578. The number of aromatic amines is 1. The van der Waals surface area contributed by atoms with Crippen LogP contribution in [0.4, 0.5) is 13.2 Å². The molecule has 0 amide bonds. The first-order valence-corrected chi connectivity index (χ1v) is 7.25. The third-order valence-electron chi connectivity index (χ3n) is 3.57. The number of fused-ring (bicyclic) bond motifs is 1. The first-order valence-electron chi connectivity index (χ1n) is 7.25. The van der Waals surface area contributed by atoms with Gasteiger partial charge in [-0.15, -0.1) is 0 Å². The molecule has 1 N–H and O–H groups in total. The van der Waals surface area contributed by atoms with E-state index < -0.39 is 23.4 Å². The Labute approximate surface area is 139 Å². The van der Waals surface area contributed by atoms with Gasteiger partial charge in [-0.25, -0.2) is 9.48 Å². The van der Waals surface area contributed by atoms with Crippen LogP contribution >= 0.6 is 0 Å². The Kier molecular flexibility index (Phi) is 4.07. The van der Waals surface area contributed by atoms with Gasteiger partial charge in [0.2, 0.25) is 0 Å². The van der Waals surface area contributed by atoms with Crippen molar-refractivity contribution in [2.24, 2.45) is 0 Å². The summed E-state index contributed by atoms with van der Waals surface area (Å²) in [4.78, 5) is 25.7. The molecule has 0 aliphatic carbocycles. The first kappa shape index (κ1) is 16.7. The van der Waals surface area contributed by atoms with Gasteiger partial charge in [-0.2, -0.15) is 18.3 Å². The molecule has 0 bridgehead atoms. The lowest BCUT2D eigenvalue weighted by atomic mass is 10.1. The topological polar surface area (TPSA) is 77.0 Å². The van der Waals surface area contributed by atoms with E-state index in [1.165, 1.54) is 25.3 Å². The number of esters is 1. The largest absolute Gasteiger partial charge is 0.462 e. The average Bonchev–Trinajstić information content (AvgIpc) is 3.18. The second-order valence-corrected chi connectivity index (χ2v) is 5.15. The van der Waals surface area contributed by atoms with Gasteiger partial charge in [0.25, 0.3) is 0 Å². The number of rotatable bonds is 4. The third kappa shape index (κ3) is 3.00. The second kappa shape index (κ2) is 6.08. The number of carbonyl (C=O) groups is 2. The molecule has 0 saturated carbocycles. The summed E-state index contributed by atoms with van der Waals surface area (Å²) in [6.45, 7) is 1.44. The minimum absolute atomic E-state index is 0.0562. The molecule has 3 rings (SSSR count). The van der Waals surface area contributed by atoms with Crippen LogP contribution in [0.2, 0.25) is 0 Å². The standard InChI is InChI=1S/C16H12F3N3O3/c1-2-25-15(24)12-7-22(21-14(12)16(17,18)19)10-3-4-13-11(5-10)9(8-23)6-20-13/h3-8,20H,2H2,1H3. The van der Waals surface area contributed by atoms with Gasteiger partial charge in [0.15, 0.2) is 12.0 Å². The third-order valence-corrected chi connectivity index (χ3v) is 3.57. The average molecular weight is 351 g/mol. The normalized spacial score (nSPS) is 11.7. The molecule has 0 atom stereocenters. The maximum atomic E-state index is 13.2. The summed E-state index contributed by atoms with van der Waals surface area (Å²) in [6.07, 6.45) is -1.71. The highest BCUT2D eigenvalue weighted by Gasteiger charge is 2.39. The highest BCUT2D eigenvalue weighted by atomic mass is 19.4. The molecule has 0 saturated heterocycles. The van der Waals surface area contributed by atoms with Gasteiger partial charge in [-0.3, -0.25) is 4.79 Å². The number of nitrogens with one attached hydrogen (secondary N) is 1. The van der Waals surface area contributed by atoms with Crippen molar-refractivity contribution in [2.45, 2.75) is 13.1 Å². The summed E-state index contributed by atoms with van der Waals surface area (Å²) >= 11 is 0. The van der Waals surface area contributed by atoms with Gasteiger partial charge in [-0.05, 0) is 25.1 Å². The lowest BCUT2D eigenvalue weighted by molar-refractivity contribution is -0.141. The van der Waals surface area contributed by atoms with Crippen molar-refractivity contribution >= 4 is 23.2 Å². The van der Waals surface area contributed by atoms with Crippen LogP contribution in [-0.2, 0) is 10.9 Å². The molecule has 6 nitrogen and oxygen atoms in total. The molecule has 3 aromatic rings. The molecular formula is C16H12F3N3O3. The Morgan fingerprint density at radius 2 is 2.16 bits per heavy atom. The molecule has 1 aromatic carbocycles. The predicted octanol–water partition coefficient (Wildman–Crippen LogP) is 3.36. The van der Waals surface area contributed by atoms with Crippen LogP contribution in [0.15, 0.2) is 30.6 Å². The number of hydrogen-bond donors (Lipinski definition) is 1. The molecule has 2 heterocycles. The van der Waals surface area contributed by atoms with Crippen LogP contribution in [0.25, 0.3) is 16.6 Å². The highest BCUT2D eigenvalue weighted by molar-refractivity contribution is 5.98. The molecule has 2 aromatic heterocycles. The van der Waals surface area contributed by atoms with Gasteiger partial charge in [-0.1, -0.05) is 0 Å². The number of ether oxygens (including phenoxy) is 1. The first-order chi connectivity index (χ1) is 11.8. The van der Waals surface area contributed by atoms with Gasteiger partial charge in [0.05, 0.1) is 12.3 Å². The van der Waals surface area contributed by atoms with E-state index in [0.717, 1.165) is 10.9 Å². The minimum Gasteiger partial charge on any atom is -0.462 e. The van der Waals surface area contributed by atoms with Crippen LogP contribution < -0.4 is 0 Å². The highest BCUT2D eigenvalue weighted by Crippen LogP contribution is 2.32. The van der Waals surface area contributed by atoms with E-state index in [0.29, 0.717) is 22.8 Å². The summed E-state index contributed by atoms with van der Waals surface area (Å²) in [5.74, 6) is -1.10. The van der Waals surface area contributed by atoms with Crippen molar-refractivity contribution in [1.29, 1.82) is 0 Å². The number of alkyl halides is 3. The van der Waals surface area contributed by atoms with Gasteiger partial charge in [0, 0.05) is 28.9 Å².